The van der Waals surface area contributed by atoms with Crippen LogP contribution in [0.15, 0.2) is 11.3 Å². The molecule has 1 atom stereocenters. The molecule has 0 spiro atoms. The Kier molecular flexibility index (Phi) is 4.37. The zero-order valence-electron chi connectivity index (χ0n) is 13.8. The number of hydrogen-bond acceptors (Lipinski definition) is 2. The molecule has 20 heavy (non-hydrogen) atoms. The second-order valence-electron chi connectivity index (χ2n) is 7.56. The highest BCUT2D eigenvalue weighted by molar-refractivity contribution is 6.53. The monoisotopic (exact) mass is 282 g/mol. The van der Waals surface area contributed by atoms with Crippen LogP contribution >= 0.6 is 0 Å². The first-order valence-corrected chi connectivity index (χ1v) is 7.90. The van der Waals surface area contributed by atoms with Crippen LogP contribution in [0.25, 0.3) is 0 Å². The summed E-state index contributed by atoms with van der Waals surface area (Å²) in [5, 5.41) is 0. The van der Waals surface area contributed by atoms with Gasteiger partial charge in [0.25, 0.3) is 0 Å². The topological polar surface area (TPSA) is 18.5 Å². The SMILES string of the molecule is CC(C)C1CCCCC1=C(F)B1OC(C)(C)C(C)(C)O1. The summed E-state index contributed by atoms with van der Waals surface area (Å²) < 4.78 is 26.6. The van der Waals surface area contributed by atoms with Crippen molar-refractivity contribution in [1.29, 1.82) is 0 Å². The lowest BCUT2D eigenvalue weighted by Gasteiger charge is -2.32. The molecule has 0 amide bonds. The Morgan fingerprint density at radius 3 is 2.20 bits per heavy atom. The minimum absolute atomic E-state index is 0.165. The van der Waals surface area contributed by atoms with E-state index >= 15 is 0 Å². The highest BCUT2D eigenvalue weighted by Crippen LogP contribution is 2.43. The molecule has 0 aromatic carbocycles. The van der Waals surface area contributed by atoms with Gasteiger partial charge < -0.3 is 9.31 Å². The molecule has 0 aromatic heterocycles. The molecule has 1 saturated carbocycles. The normalized spacial score (nSPS) is 31.8. The van der Waals surface area contributed by atoms with E-state index in [0.29, 0.717) is 11.8 Å². The van der Waals surface area contributed by atoms with E-state index in [2.05, 4.69) is 13.8 Å². The van der Waals surface area contributed by atoms with E-state index in [1.165, 1.54) is 6.42 Å². The molecule has 1 unspecified atom stereocenters. The molecule has 1 aliphatic heterocycles. The molecule has 1 heterocycles. The Hall–Kier alpha value is -0.345. The molecule has 114 valence electrons. The van der Waals surface area contributed by atoms with Gasteiger partial charge in [0, 0.05) is 0 Å². The lowest BCUT2D eigenvalue weighted by Crippen LogP contribution is -2.41. The van der Waals surface area contributed by atoms with Crippen LogP contribution < -0.4 is 0 Å². The zero-order chi connectivity index (χ0) is 15.1. The summed E-state index contributed by atoms with van der Waals surface area (Å²) in [6.45, 7) is 12.2. The second-order valence-corrected chi connectivity index (χ2v) is 7.56. The minimum atomic E-state index is -0.825. The van der Waals surface area contributed by atoms with Crippen LogP contribution in [0.4, 0.5) is 4.39 Å². The van der Waals surface area contributed by atoms with Crippen LogP contribution in [0.2, 0.25) is 0 Å². The smallest absolute Gasteiger partial charge is 0.398 e. The van der Waals surface area contributed by atoms with E-state index in [1.807, 2.05) is 27.7 Å². The van der Waals surface area contributed by atoms with Gasteiger partial charge in [-0.2, -0.15) is 0 Å². The van der Waals surface area contributed by atoms with Gasteiger partial charge in [-0.1, -0.05) is 20.3 Å². The molecular weight excluding hydrogens is 254 g/mol. The van der Waals surface area contributed by atoms with E-state index in [0.717, 1.165) is 24.8 Å². The third-order valence-electron chi connectivity index (χ3n) is 5.23. The fourth-order valence-corrected chi connectivity index (χ4v) is 3.17. The zero-order valence-corrected chi connectivity index (χ0v) is 13.8. The van der Waals surface area contributed by atoms with Crippen molar-refractivity contribution in [3.63, 3.8) is 0 Å². The van der Waals surface area contributed by atoms with E-state index in [-0.39, 0.29) is 5.73 Å². The maximum Gasteiger partial charge on any atom is 0.525 e. The largest absolute Gasteiger partial charge is 0.525 e. The summed E-state index contributed by atoms with van der Waals surface area (Å²) in [6.07, 6.45) is 4.20. The van der Waals surface area contributed by atoms with Gasteiger partial charge >= 0.3 is 7.12 Å². The molecule has 2 aliphatic rings. The minimum Gasteiger partial charge on any atom is -0.398 e. The summed E-state index contributed by atoms with van der Waals surface area (Å²) in [6, 6.07) is 0. The highest BCUT2D eigenvalue weighted by Gasteiger charge is 2.53. The molecular formula is C16H28BFO2. The maximum absolute atomic E-state index is 14.9. The van der Waals surface area contributed by atoms with E-state index in [1.54, 1.807) is 0 Å². The highest BCUT2D eigenvalue weighted by atomic mass is 19.1. The lowest BCUT2D eigenvalue weighted by atomic mass is 9.72. The molecule has 2 rings (SSSR count). The summed E-state index contributed by atoms with van der Waals surface area (Å²) in [7, 11) is -0.825. The predicted octanol–water partition coefficient (Wildman–Crippen LogP) is 4.69. The summed E-state index contributed by atoms with van der Waals surface area (Å²) in [5.74, 6) is 0.807. The van der Waals surface area contributed by atoms with Gasteiger partial charge in [0.05, 0.1) is 11.2 Å². The first-order valence-electron chi connectivity index (χ1n) is 7.90. The average Bonchev–Trinajstić information content (AvgIpc) is 2.57. The second kappa shape index (κ2) is 5.45. The number of rotatable bonds is 2. The van der Waals surface area contributed by atoms with Crippen molar-refractivity contribution in [3.05, 3.63) is 11.3 Å². The van der Waals surface area contributed by atoms with E-state index < -0.39 is 18.3 Å². The third-order valence-corrected chi connectivity index (χ3v) is 5.23. The lowest BCUT2D eigenvalue weighted by molar-refractivity contribution is 0.00578. The van der Waals surface area contributed by atoms with Crippen LogP contribution in [0.3, 0.4) is 0 Å². The molecule has 2 nitrogen and oxygen atoms in total. The predicted molar refractivity (Wildman–Crippen MR) is 81.0 cm³/mol. The molecule has 0 N–H and O–H groups in total. The van der Waals surface area contributed by atoms with Gasteiger partial charge in [-0.15, -0.1) is 0 Å². The van der Waals surface area contributed by atoms with Crippen LogP contribution in [0.5, 0.6) is 0 Å². The maximum atomic E-state index is 14.9. The van der Waals surface area contributed by atoms with Crippen LogP contribution in [-0.2, 0) is 9.31 Å². The van der Waals surface area contributed by atoms with Crippen LogP contribution in [0.1, 0.15) is 67.2 Å². The summed E-state index contributed by atoms with van der Waals surface area (Å²) >= 11 is 0. The molecule has 1 saturated heterocycles. The molecule has 0 bridgehead atoms. The summed E-state index contributed by atoms with van der Waals surface area (Å²) in [4.78, 5) is 0. The van der Waals surface area contributed by atoms with Crippen molar-refractivity contribution in [3.8, 4) is 0 Å². The van der Waals surface area contributed by atoms with E-state index in [4.69, 9.17) is 9.31 Å². The molecule has 4 heteroatoms. The summed E-state index contributed by atoms with van der Waals surface area (Å²) in [5.41, 5.74) is -0.179. The number of hydrogen-bond donors (Lipinski definition) is 0. The van der Waals surface area contributed by atoms with Crippen molar-refractivity contribution >= 4 is 7.12 Å². The Morgan fingerprint density at radius 2 is 1.70 bits per heavy atom. The molecule has 2 fully saturated rings. The van der Waals surface area contributed by atoms with Crippen LogP contribution in [-0.4, -0.2) is 18.3 Å². The fraction of sp³-hybridized carbons (Fsp3) is 0.875. The fourth-order valence-electron chi connectivity index (χ4n) is 3.17. The number of halogens is 1. The Bertz CT molecular complexity index is 385. The number of allylic oxidation sites excluding steroid dienone is 1. The molecule has 1 aliphatic carbocycles. The van der Waals surface area contributed by atoms with Crippen molar-refractivity contribution in [1.82, 2.24) is 0 Å². The first kappa shape index (κ1) is 16.0. The van der Waals surface area contributed by atoms with Gasteiger partial charge in [0.1, 0.15) is 5.73 Å². The Balaban J connectivity index is 2.25. The first-order chi connectivity index (χ1) is 9.16. The van der Waals surface area contributed by atoms with Gasteiger partial charge in [-0.3, -0.25) is 0 Å². The van der Waals surface area contributed by atoms with Crippen LogP contribution in [0, 0.1) is 11.8 Å². The van der Waals surface area contributed by atoms with Crippen molar-refractivity contribution in [2.75, 3.05) is 0 Å². The molecule has 0 radical (unpaired) electrons. The van der Waals surface area contributed by atoms with Gasteiger partial charge in [0.2, 0.25) is 0 Å². The van der Waals surface area contributed by atoms with Crippen molar-refractivity contribution in [2.45, 2.75) is 78.4 Å². The molecule has 0 aromatic rings. The van der Waals surface area contributed by atoms with Gasteiger partial charge in [-0.05, 0) is 64.4 Å². The Labute approximate surface area is 123 Å². The average molecular weight is 282 g/mol. The standard InChI is InChI=1S/C16H28BFO2/c1-11(2)12-9-7-8-10-13(12)14(18)17-19-15(3,4)16(5,6)20-17/h11-12H,7-10H2,1-6H3. The van der Waals surface area contributed by atoms with E-state index in [9.17, 15) is 4.39 Å². The van der Waals surface area contributed by atoms with Crippen molar-refractivity contribution < 1.29 is 13.7 Å². The van der Waals surface area contributed by atoms with Gasteiger partial charge in [0.15, 0.2) is 0 Å². The third kappa shape index (κ3) is 2.82. The van der Waals surface area contributed by atoms with Crippen molar-refractivity contribution in [2.24, 2.45) is 11.8 Å². The Morgan fingerprint density at radius 1 is 1.15 bits per heavy atom. The quantitative estimate of drug-likeness (QED) is 0.684. The van der Waals surface area contributed by atoms with Gasteiger partial charge in [-0.25, -0.2) is 4.39 Å².